The molecule has 68 valence electrons. The molecule has 0 radical (unpaired) electrons. The number of ketones is 1. The van der Waals surface area contributed by atoms with Crippen molar-refractivity contribution in [3.63, 3.8) is 0 Å². The number of rotatable bonds is 2. The lowest BCUT2D eigenvalue weighted by Crippen LogP contribution is -2.27. The number of hydrogen-bond donors (Lipinski definition) is 0. The molecule has 12 heavy (non-hydrogen) atoms. The van der Waals surface area contributed by atoms with Crippen LogP contribution in [0.25, 0.3) is 0 Å². The van der Waals surface area contributed by atoms with Crippen LogP contribution in [0.5, 0.6) is 0 Å². The predicted molar refractivity (Wildman–Crippen MR) is 43.4 cm³/mol. The van der Waals surface area contributed by atoms with Crippen LogP contribution in [0.3, 0.4) is 0 Å². The third-order valence-corrected chi connectivity index (χ3v) is 2.70. The Morgan fingerprint density at radius 3 is 2.50 bits per heavy atom. The van der Waals surface area contributed by atoms with Crippen molar-refractivity contribution in [1.82, 2.24) is 0 Å². The zero-order valence-electron chi connectivity index (χ0n) is 7.32. The Balaban J connectivity index is 2.63. The average Bonchev–Trinajstić information content (AvgIpc) is 2.28. The zero-order valence-corrected chi connectivity index (χ0v) is 7.32. The van der Waals surface area contributed by atoms with E-state index in [0.29, 0.717) is 12.8 Å². The fraction of sp³-hybridized carbons (Fsp3) is 0.875. The zero-order chi connectivity index (χ0) is 9.30. The third kappa shape index (κ3) is 1.62. The van der Waals surface area contributed by atoms with Gasteiger partial charge in [0.1, 0.15) is 5.78 Å². The summed E-state index contributed by atoms with van der Waals surface area (Å²) in [5.74, 6) is 0.298. The Bertz CT molecular complexity index is 214. The number of carbonyl (C=O) groups is 1. The van der Waals surface area contributed by atoms with Crippen molar-refractivity contribution in [3.8, 4) is 0 Å². The molecular formula is C8H13NO3. The van der Waals surface area contributed by atoms with Crippen molar-refractivity contribution in [3.05, 3.63) is 10.1 Å². The molecule has 1 fully saturated rings. The summed E-state index contributed by atoms with van der Waals surface area (Å²) in [5, 5.41) is 10.4. The van der Waals surface area contributed by atoms with E-state index in [4.69, 9.17) is 0 Å². The van der Waals surface area contributed by atoms with Gasteiger partial charge in [-0.15, -0.1) is 0 Å². The van der Waals surface area contributed by atoms with Crippen LogP contribution >= 0.6 is 0 Å². The summed E-state index contributed by atoms with van der Waals surface area (Å²) in [6.45, 7) is 3.50. The molecule has 1 aliphatic carbocycles. The molecule has 0 aromatic heterocycles. The molecule has 0 N–H and O–H groups in total. The molecule has 3 atom stereocenters. The van der Waals surface area contributed by atoms with Gasteiger partial charge < -0.3 is 0 Å². The minimum absolute atomic E-state index is 0.0486. The minimum atomic E-state index is -0.577. The molecule has 0 heterocycles. The smallest absolute Gasteiger partial charge is 0.213 e. The van der Waals surface area contributed by atoms with Gasteiger partial charge in [0.2, 0.25) is 6.04 Å². The van der Waals surface area contributed by atoms with Gasteiger partial charge in [-0.1, -0.05) is 6.92 Å². The van der Waals surface area contributed by atoms with Crippen LogP contribution in [0.2, 0.25) is 0 Å². The summed E-state index contributed by atoms with van der Waals surface area (Å²) < 4.78 is 0. The first-order valence-corrected chi connectivity index (χ1v) is 4.17. The second kappa shape index (κ2) is 3.21. The maximum absolute atomic E-state index is 11.0. The summed E-state index contributed by atoms with van der Waals surface area (Å²) in [7, 11) is 0. The molecule has 0 amide bonds. The third-order valence-electron chi connectivity index (χ3n) is 2.70. The van der Waals surface area contributed by atoms with Crippen LogP contribution in [-0.4, -0.2) is 16.7 Å². The summed E-state index contributed by atoms with van der Waals surface area (Å²) in [6.07, 6.45) is 0.909. The van der Waals surface area contributed by atoms with Gasteiger partial charge in [-0.3, -0.25) is 14.9 Å². The second-order valence-corrected chi connectivity index (χ2v) is 3.61. The molecule has 0 spiro atoms. The maximum Gasteiger partial charge on any atom is 0.213 e. The normalized spacial score (nSPS) is 32.0. The van der Waals surface area contributed by atoms with Gasteiger partial charge in [0.15, 0.2) is 0 Å². The molecule has 0 bridgehead atoms. The van der Waals surface area contributed by atoms with Gasteiger partial charge in [-0.05, 0) is 5.92 Å². The van der Waals surface area contributed by atoms with Gasteiger partial charge in [-0.2, -0.15) is 0 Å². The Labute approximate surface area is 71.1 Å². The van der Waals surface area contributed by atoms with Crippen LogP contribution in [0.4, 0.5) is 0 Å². The molecule has 1 saturated carbocycles. The van der Waals surface area contributed by atoms with E-state index >= 15 is 0 Å². The van der Waals surface area contributed by atoms with Crippen molar-refractivity contribution in [2.45, 2.75) is 32.7 Å². The monoisotopic (exact) mass is 171 g/mol. The van der Waals surface area contributed by atoms with Crippen LogP contribution in [0, 0.1) is 22.0 Å². The van der Waals surface area contributed by atoms with E-state index in [0.717, 1.165) is 0 Å². The fourth-order valence-corrected chi connectivity index (χ4v) is 1.86. The first-order chi connectivity index (χ1) is 5.52. The summed E-state index contributed by atoms with van der Waals surface area (Å²) >= 11 is 0. The molecule has 0 saturated heterocycles. The molecule has 1 unspecified atom stereocenters. The molecular weight excluding hydrogens is 158 g/mol. The van der Waals surface area contributed by atoms with E-state index < -0.39 is 6.04 Å². The molecule has 0 aromatic rings. The Morgan fingerprint density at radius 1 is 1.58 bits per heavy atom. The lowest BCUT2D eigenvalue weighted by Gasteiger charge is -2.14. The molecule has 0 aromatic carbocycles. The lowest BCUT2D eigenvalue weighted by molar-refractivity contribution is -0.528. The van der Waals surface area contributed by atoms with Crippen molar-refractivity contribution in [1.29, 1.82) is 0 Å². The first-order valence-electron chi connectivity index (χ1n) is 4.17. The van der Waals surface area contributed by atoms with Crippen molar-refractivity contribution < 1.29 is 9.72 Å². The summed E-state index contributed by atoms with van der Waals surface area (Å²) in [5.41, 5.74) is 0. The number of nitro groups is 1. The van der Waals surface area contributed by atoms with E-state index in [-0.39, 0.29) is 22.5 Å². The average molecular weight is 171 g/mol. The molecule has 4 nitrogen and oxygen atoms in total. The van der Waals surface area contributed by atoms with Crippen LogP contribution in [-0.2, 0) is 4.79 Å². The van der Waals surface area contributed by atoms with E-state index in [1.807, 2.05) is 6.92 Å². The number of carbonyl (C=O) groups excluding carboxylic acids is 1. The minimum Gasteiger partial charge on any atom is -0.300 e. The summed E-state index contributed by atoms with van der Waals surface area (Å²) in [4.78, 5) is 21.1. The molecule has 4 heteroatoms. The highest BCUT2D eigenvalue weighted by Crippen LogP contribution is 2.32. The van der Waals surface area contributed by atoms with Crippen molar-refractivity contribution >= 4 is 5.78 Å². The van der Waals surface area contributed by atoms with Crippen LogP contribution < -0.4 is 0 Å². The Kier molecular flexibility index (Phi) is 2.45. The highest BCUT2D eigenvalue weighted by Gasteiger charge is 2.38. The maximum atomic E-state index is 11.0. The first kappa shape index (κ1) is 9.16. The van der Waals surface area contributed by atoms with E-state index in [1.165, 1.54) is 0 Å². The van der Waals surface area contributed by atoms with Gasteiger partial charge in [-0.25, -0.2) is 0 Å². The topological polar surface area (TPSA) is 60.2 Å². The predicted octanol–water partition coefficient (Wildman–Crippen LogP) is 1.27. The van der Waals surface area contributed by atoms with Gasteiger partial charge >= 0.3 is 0 Å². The van der Waals surface area contributed by atoms with Crippen LogP contribution in [0.1, 0.15) is 26.7 Å². The SMILES string of the molecule is CC([C@H]1CC(=O)C[C@H]1C)[N+](=O)[O-]. The Hall–Kier alpha value is -0.930. The molecule has 1 aliphatic rings. The quantitative estimate of drug-likeness (QED) is 0.464. The van der Waals surface area contributed by atoms with Crippen molar-refractivity contribution in [2.24, 2.45) is 11.8 Å². The van der Waals surface area contributed by atoms with E-state index in [9.17, 15) is 14.9 Å². The van der Waals surface area contributed by atoms with E-state index in [1.54, 1.807) is 6.92 Å². The number of nitrogens with zero attached hydrogens (tertiary/aromatic N) is 1. The number of hydrogen-bond acceptors (Lipinski definition) is 3. The fourth-order valence-electron chi connectivity index (χ4n) is 1.86. The highest BCUT2D eigenvalue weighted by molar-refractivity contribution is 5.81. The van der Waals surface area contributed by atoms with Crippen LogP contribution in [0.15, 0.2) is 0 Å². The van der Waals surface area contributed by atoms with Gasteiger partial charge in [0, 0.05) is 30.6 Å². The number of Topliss-reactive ketones (excluding diaryl/α,β-unsaturated/α-hetero) is 1. The Morgan fingerprint density at radius 2 is 2.17 bits per heavy atom. The summed E-state index contributed by atoms with van der Waals surface area (Å²) in [6, 6.07) is -0.577. The highest BCUT2D eigenvalue weighted by atomic mass is 16.6. The molecule has 1 rings (SSSR count). The molecule has 0 aliphatic heterocycles. The van der Waals surface area contributed by atoms with Gasteiger partial charge in [0.25, 0.3) is 0 Å². The van der Waals surface area contributed by atoms with Gasteiger partial charge in [0.05, 0.1) is 0 Å². The largest absolute Gasteiger partial charge is 0.300 e. The van der Waals surface area contributed by atoms with Crippen molar-refractivity contribution in [2.75, 3.05) is 0 Å². The standard InChI is InChI=1S/C8H13NO3/c1-5-3-7(10)4-8(5)6(2)9(11)12/h5-6,8H,3-4H2,1-2H3/t5-,6?,8+/m1/s1. The second-order valence-electron chi connectivity index (χ2n) is 3.61. The lowest BCUT2D eigenvalue weighted by atomic mass is 9.92. The van der Waals surface area contributed by atoms with E-state index in [2.05, 4.69) is 0 Å².